The van der Waals surface area contributed by atoms with Crippen molar-refractivity contribution in [3.05, 3.63) is 28.8 Å². The third-order valence-corrected chi connectivity index (χ3v) is 2.52. The van der Waals surface area contributed by atoms with Gasteiger partial charge in [-0.25, -0.2) is 4.79 Å². The molecule has 0 heterocycles. The minimum Gasteiger partial charge on any atom is -0.494 e. The number of ether oxygens (including phenoxy) is 2. The summed E-state index contributed by atoms with van der Waals surface area (Å²) in [6.45, 7) is 4.11. The Morgan fingerprint density at radius 3 is 2.39 bits per heavy atom. The maximum atomic E-state index is 11.6. The van der Waals surface area contributed by atoms with Crippen molar-refractivity contribution in [2.24, 2.45) is 5.73 Å². The van der Waals surface area contributed by atoms with E-state index >= 15 is 0 Å². The van der Waals surface area contributed by atoms with Crippen LogP contribution in [0.25, 0.3) is 0 Å². The number of amides is 1. The van der Waals surface area contributed by atoms with Gasteiger partial charge in [0.2, 0.25) is 5.91 Å². The van der Waals surface area contributed by atoms with Gasteiger partial charge in [0.05, 0.1) is 19.3 Å². The molecule has 0 aliphatic heterocycles. The largest absolute Gasteiger partial charge is 0.494 e. The second-order valence-corrected chi connectivity index (χ2v) is 3.85. The molecule has 0 aliphatic carbocycles. The van der Waals surface area contributed by atoms with E-state index in [1.807, 2.05) is 6.92 Å². The number of hydrogen-bond acceptors (Lipinski definition) is 4. The van der Waals surface area contributed by atoms with Gasteiger partial charge >= 0.3 is 5.97 Å². The molecule has 0 saturated heterocycles. The zero-order chi connectivity index (χ0) is 13.7. The van der Waals surface area contributed by atoms with Crippen LogP contribution in [-0.4, -0.2) is 25.6 Å². The van der Waals surface area contributed by atoms with E-state index in [0.717, 1.165) is 6.42 Å². The highest BCUT2D eigenvalue weighted by Crippen LogP contribution is 2.23. The molecular weight excluding hydrogens is 234 g/mol. The molecule has 0 aromatic heterocycles. The number of carbonyl (C=O) groups is 2. The van der Waals surface area contributed by atoms with Gasteiger partial charge in [0.15, 0.2) is 0 Å². The fraction of sp³-hybridized carbons (Fsp3) is 0.385. The van der Waals surface area contributed by atoms with E-state index in [1.165, 1.54) is 7.11 Å². The van der Waals surface area contributed by atoms with Crippen molar-refractivity contribution in [2.75, 3.05) is 13.7 Å². The first-order chi connectivity index (χ1) is 8.51. The minimum atomic E-state index is -0.598. The molecule has 18 heavy (non-hydrogen) atoms. The average Bonchev–Trinajstić information content (AvgIpc) is 2.36. The number of esters is 1. The lowest BCUT2D eigenvalue weighted by atomic mass is 10.0. The Kier molecular flexibility index (Phi) is 4.71. The Labute approximate surface area is 106 Å². The second-order valence-electron chi connectivity index (χ2n) is 3.85. The number of methoxy groups -OCH3 is 1. The highest BCUT2D eigenvalue weighted by atomic mass is 16.5. The van der Waals surface area contributed by atoms with Crippen LogP contribution in [-0.2, 0) is 4.74 Å². The van der Waals surface area contributed by atoms with E-state index in [0.29, 0.717) is 23.5 Å². The summed E-state index contributed by atoms with van der Waals surface area (Å²) < 4.78 is 10.1. The minimum absolute atomic E-state index is 0.268. The van der Waals surface area contributed by atoms with Crippen molar-refractivity contribution in [1.29, 1.82) is 0 Å². The zero-order valence-electron chi connectivity index (χ0n) is 10.8. The summed E-state index contributed by atoms with van der Waals surface area (Å²) in [6, 6.07) is 3.10. The van der Waals surface area contributed by atoms with Gasteiger partial charge in [-0.1, -0.05) is 6.92 Å². The Morgan fingerprint density at radius 1 is 1.28 bits per heavy atom. The molecule has 1 amide bonds. The van der Waals surface area contributed by atoms with Crippen LogP contribution in [0.5, 0.6) is 5.75 Å². The SMILES string of the molecule is CCCOc1cc(C(N)=O)c(C)c(C(=O)OC)c1. The number of rotatable bonds is 5. The molecule has 0 unspecified atom stereocenters. The Morgan fingerprint density at radius 2 is 1.89 bits per heavy atom. The van der Waals surface area contributed by atoms with Crippen molar-refractivity contribution >= 4 is 11.9 Å². The normalized spacial score (nSPS) is 9.94. The van der Waals surface area contributed by atoms with Gasteiger partial charge in [-0.2, -0.15) is 0 Å². The maximum Gasteiger partial charge on any atom is 0.338 e. The van der Waals surface area contributed by atoms with E-state index in [2.05, 4.69) is 4.74 Å². The summed E-state index contributed by atoms with van der Waals surface area (Å²) >= 11 is 0. The molecule has 0 spiro atoms. The molecule has 98 valence electrons. The van der Waals surface area contributed by atoms with Crippen LogP contribution in [0, 0.1) is 6.92 Å². The van der Waals surface area contributed by atoms with Crippen LogP contribution in [0.4, 0.5) is 0 Å². The van der Waals surface area contributed by atoms with Crippen LogP contribution in [0.15, 0.2) is 12.1 Å². The van der Waals surface area contributed by atoms with E-state index < -0.39 is 11.9 Å². The Hall–Kier alpha value is -2.04. The first-order valence-electron chi connectivity index (χ1n) is 5.66. The predicted molar refractivity (Wildman–Crippen MR) is 66.8 cm³/mol. The fourth-order valence-corrected chi connectivity index (χ4v) is 1.57. The van der Waals surface area contributed by atoms with E-state index in [-0.39, 0.29) is 5.56 Å². The fourth-order valence-electron chi connectivity index (χ4n) is 1.57. The average molecular weight is 251 g/mol. The predicted octanol–water partition coefficient (Wildman–Crippen LogP) is 1.67. The van der Waals surface area contributed by atoms with Crippen molar-refractivity contribution in [3.8, 4) is 5.75 Å². The number of benzene rings is 1. The van der Waals surface area contributed by atoms with E-state index in [9.17, 15) is 9.59 Å². The number of carbonyl (C=O) groups excluding carboxylic acids is 2. The Bertz CT molecular complexity index is 468. The van der Waals surface area contributed by atoms with Crippen molar-refractivity contribution in [2.45, 2.75) is 20.3 Å². The summed E-state index contributed by atoms with van der Waals surface area (Å²) in [7, 11) is 1.28. The van der Waals surface area contributed by atoms with Gasteiger partial charge in [-0.15, -0.1) is 0 Å². The van der Waals surface area contributed by atoms with Gasteiger partial charge in [0.25, 0.3) is 0 Å². The van der Waals surface area contributed by atoms with Crippen molar-refractivity contribution in [3.63, 3.8) is 0 Å². The molecule has 0 bridgehead atoms. The van der Waals surface area contributed by atoms with E-state index in [1.54, 1.807) is 19.1 Å². The van der Waals surface area contributed by atoms with Gasteiger partial charge in [0.1, 0.15) is 5.75 Å². The standard InChI is InChI=1S/C13H17NO4/c1-4-5-18-9-6-10(12(14)15)8(2)11(7-9)13(16)17-3/h6-7H,4-5H2,1-3H3,(H2,14,15). The molecule has 0 saturated carbocycles. The molecule has 5 heteroatoms. The second kappa shape index (κ2) is 6.05. The third-order valence-electron chi connectivity index (χ3n) is 2.52. The molecule has 0 aliphatic rings. The maximum absolute atomic E-state index is 11.6. The lowest BCUT2D eigenvalue weighted by Gasteiger charge is -2.12. The zero-order valence-corrected chi connectivity index (χ0v) is 10.8. The summed E-state index contributed by atoms with van der Waals surface area (Å²) in [4.78, 5) is 22.9. The highest BCUT2D eigenvalue weighted by molar-refractivity contribution is 6.00. The Balaban J connectivity index is 3.27. The first kappa shape index (κ1) is 14.0. The lowest BCUT2D eigenvalue weighted by Crippen LogP contribution is -2.16. The molecule has 1 rings (SSSR count). The summed E-state index contributed by atoms with van der Waals surface area (Å²) in [5.74, 6) is -0.673. The lowest BCUT2D eigenvalue weighted by molar-refractivity contribution is 0.0599. The molecule has 0 radical (unpaired) electrons. The molecule has 2 N–H and O–H groups in total. The first-order valence-corrected chi connectivity index (χ1v) is 5.66. The summed E-state index contributed by atoms with van der Waals surface area (Å²) in [6.07, 6.45) is 0.827. The van der Waals surface area contributed by atoms with Crippen LogP contribution >= 0.6 is 0 Å². The number of nitrogens with two attached hydrogens (primary N) is 1. The molecule has 5 nitrogen and oxygen atoms in total. The van der Waals surface area contributed by atoms with Gasteiger partial charge in [-0.05, 0) is 31.0 Å². The number of hydrogen-bond donors (Lipinski definition) is 1. The quantitative estimate of drug-likeness (QED) is 0.807. The molecule has 1 aromatic rings. The van der Waals surface area contributed by atoms with Crippen molar-refractivity contribution in [1.82, 2.24) is 0 Å². The molecule has 0 atom stereocenters. The van der Waals surface area contributed by atoms with Crippen LogP contribution < -0.4 is 10.5 Å². The smallest absolute Gasteiger partial charge is 0.338 e. The van der Waals surface area contributed by atoms with Gasteiger partial charge in [-0.3, -0.25) is 4.79 Å². The topological polar surface area (TPSA) is 78.6 Å². The number of primary amides is 1. The van der Waals surface area contributed by atoms with Gasteiger partial charge < -0.3 is 15.2 Å². The van der Waals surface area contributed by atoms with Crippen LogP contribution in [0.1, 0.15) is 39.6 Å². The van der Waals surface area contributed by atoms with Crippen LogP contribution in [0.3, 0.4) is 0 Å². The van der Waals surface area contributed by atoms with Crippen LogP contribution in [0.2, 0.25) is 0 Å². The molecular formula is C13H17NO4. The highest BCUT2D eigenvalue weighted by Gasteiger charge is 2.17. The third kappa shape index (κ3) is 3.00. The molecule has 0 fully saturated rings. The van der Waals surface area contributed by atoms with E-state index in [4.69, 9.17) is 10.5 Å². The van der Waals surface area contributed by atoms with Crippen molar-refractivity contribution < 1.29 is 19.1 Å². The monoisotopic (exact) mass is 251 g/mol. The molecule has 1 aromatic carbocycles. The summed E-state index contributed by atoms with van der Waals surface area (Å²) in [5.41, 5.74) is 6.33. The summed E-state index contributed by atoms with van der Waals surface area (Å²) in [5, 5.41) is 0. The van der Waals surface area contributed by atoms with Gasteiger partial charge in [0, 0.05) is 5.56 Å².